The molecule has 0 amide bonds. The molecular formula is C10H10ClNO2. The maximum Gasteiger partial charge on any atom is 0.356 e. The van der Waals surface area contributed by atoms with Crippen LogP contribution in [0.15, 0.2) is 12.1 Å². The first-order valence-corrected chi connectivity index (χ1v) is 4.85. The van der Waals surface area contributed by atoms with Crippen molar-refractivity contribution in [3.8, 4) is 0 Å². The molecule has 4 heteroatoms. The first-order valence-electron chi connectivity index (χ1n) is 4.47. The minimum Gasteiger partial charge on any atom is -0.464 e. The number of carbonyl (C=O) groups is 1. The first kappa shape index (κ1) is 9.46. The third-order valence-corrected chi connectivity index (χ3v) is 2.55. The second-order valence-electron chi connectivity index (χ2n) is 3.33. The lowest BCUT2D eigenvalue weighted by molar-refractivity contribution is 0.0594. The zero-order valence-electron chi connectivity index (χ0n) is 7.79. The van der Waals surface area contributed by atoms with Gasteiger partial charge in [-0.05, 0) is 25.0 Å². The molecule has 74 valence electrons. The summed E-state index contributed by atoms with van der Waals surface area (Å²) in [4.78, 5) is 15.4. The summed E-state index contributed by atoms with van der Waals surface area (Å²) < 4.78 is 4.59. The molecule has 1 heterocycles. The monoisotopic (exact) mass is 211 g/mol. The number of methoxy groups -OCH3 is 1. The molecule has 0 spiro atoms. The molecule has 0 aromatic carbocycles. The summed E-state index contributed by atoms with van der Waals surface area (Å²) in [6.45, 7) is 0. The van der Waals surface area contributed by atoms with E-state index >= 15 is 0 Å². The summed E-state index contributed by atoms with van der Waals surface area (Å²) in [5.74, 6) is 0.0238. The highest BCUT2D eigenvalue weighted by Crippen LogP contribution is 2.42. The van der Waals surface area contributed by atoms with Crippen LogP contribution in [0, 0.1) is 0 Å². The zero-order valence-corrected chi connectivity index (χ0v) is 8.54. The average molecular weight is 212 g/mol. The molecule has 0 N–H and O–H groups in total. The summed E-state index contributed by atoms with van der Waals surface area (Å²) in [6.07, 6.45) is 2.22. The van der Waals surface area contributed by atoms with Crippen LogP contribution in [-0.4, -0.2) is 18.1 Å². The Morgan fingerprint density at radius 1 is 1.57 bits per heavy atom. The van der Waals surface area contributed by atoms with E-state index in [-0.39, 0.29) is 0 Å². The number of rotatable bonds is 2. The van der Waals surface area contributed by atoms with Gasteiger partial charge >= 0.3 is 5.97 Å². The first-order chi connectivity index (χ1) is 6.72. The van der Waals surface area contributed by atoms with Gasteiger partial charge < -0.3 is 4.74 Å². The number of carbonyl (C=O) groups excluding carboxylic acids is 1. The lowest BCUT2D eigenvalue weighted by Gasteiger charge is -2.03. The number of hydrogen-bond donors (Lipinski definition) is 0. The van der Waals surface area contributed by atoms with E-state index in [0.29, 0.717) is 16.6 Å². The van der Waals surface area contributed by atoms with Gasteiger partial charge in [-0.15, -0.1) is 0 Å². The number of ether oxygens (including phenoxy) is 1. The van der Waals surface area contributed by atoms with Crippen LogP contribution in [0.5, 0.6) is 0 Å². The molecule has 3 nitrogen and oxygen atoms in total. The summed E-state index contributed by atoms with van der Waals surface area (Å²) in [5, 5.41) is 0.639. The van der Waals surface area contributed by atoms with Crippen LogP contribution >= 0.6 is 11.6 Å². The molecule has 2 rings (SSSR count). The third kappa shape index (κ3) is 1.73. The Hall–Kier alpha value is -1.09. The number of hydrogen-bond acceptors (Lipinski definition) is 3. The fourth-order valence-corrected chi connectivity index (χ4v) is 1.58. The van der Waals surface area contributed by atoms with Gasteiger partial charge in [-0.1, -0.05) is 11.6 Å². The zero-order chi connectivity index (χ0) is 10.1. The SMILES string of the molecule is COC(=O)c1ccc(Cl)c(C2CC2)n1. The Bertz CT molecular complexity index is 374. The fourth-order valence-electron chi connectivity index (χ4n) is 1.32. The molecule has 1 aromatic rings. The van der Waals surface area contributed by atoms with Crippen LogP contribution < -0.4 is 0 Å². The van der Waals surface area contributed by atoms with E-state index < -0.39 is 5.97 Å². The van der Waals surface area contributed by atoms with Crippen molar-refractivity contribution < 1.29 is 9.53 Å². The predicted molar refractivity (Wildman–Crippen MR) is 52.6 cm³/mol. The fraction of sp³-hybridized carbons (Fsp3) is 0.400. The highest BCUT2D eigenvalue weighted by atomic mass is 35.5. The molecular weight excluding hydrogens is 202 g/mol. The molecule has 0 saturated heterocycles. The number of aromatic nitrogens is 1. The second kappa shape index (κ2) is 3.58. The van der Waals surface area contributed by atoms with Crippen LogP contribution in [0.1, 0.15) is 34.9 Å². The normalized spacial score (nSPS) is 15.3. The Morgan fingerprint density at radius 3 is 2.86 bits per heavy atom. The molecule has 1 aromatic heterocycles. The summed E-state index contributed by atoms with van der Waals surface area (Å²) in [7, 11) is 1.34. The van der Waals surface area contributed by atoms with Crippen LogP contribution in [0.3, 0.4) is 0 Å². The van der Waals surface area contributed by atoms with Crippen molar-refractivity contribution in [2.75, 3.05) is 7.11 Å². The van der Waals surface area contributed by atoms with Crippen LogP contribution in [0.2, 0.25) is 5.02 Å². The standard InChI is InChI=1S/C10H10ClNO2/c1-14-10(13)8-5-4-7(11)9(12-8)6-2-3-6/h4-6H,2-3H2,1H3. The molecule has 14 heavy (non-hydrogen) atoms. The lowest BCUT2D eigenvalue weighted by atomic mass is 10.2. The minimum atomic E-state index is -0.413. The molecule has 0 unspecified atom stereocenters. The molecule has 1 fully saturated rings. The quantitative estimate of drug-likeness (QED) is 0.706. The topological polar surface area (TPSA) is 39.2 Å². The van der Waals surface area contributed by atoms with Crippen molar-refractivity contribution in [2.24, 2.45) is 0 Å². The van der Waals surface area contributed by atoms with Gasteiger partial charge in [0, 0.05) is 5.92 Å². The Kier molecular flexibility index (Phi) is 2.42. The Morgan fingerprint density at radius 2 is 2.29 bits per heavy atom. The maximum atomic E-state index is 11.2. The van der Waals surface area contributed by atoms with Gasteiger partial charge in [0.15, 0.2) is 0 Å². The van der Waals surface area contributed by atoms with E-state index in [4.69, 9.17) is 11.6 Å². The van der Waals surface area contributed by atoms with Crippen molar-refractivity contribution in [1.29, 1.82) is 0 Å². The third-order valence-electron chi connectivity index (χ3n) is 2.23. The van der Waals surface area contributed by atoms with Gasteiger partial charge in [0.1, 0.15) is 5.69 Å². The van der Waals surface area contributed by atoms with Gasteiger partial charge in [0.05, 0.1) is 17.8 Å². The second-order valence-corrected chi connectivity index (χ2v) is 3.74. The van der Waals surface area contributed by atoms with E-state index in [1.165, 1.54) is 7.11 Å². The number of pyridine rings is 1. The van der Waals surface area contributed by atoms with Crippen molar-refractivity contribution in [3.05, 3.63) is 28.5 Å². The molecule has 1 aliphatic rings. The average Bonchev–Trinajstić information content (AvgIpc) is 3.01. The van der Waals surface area contributed by atoms with Crippen molar-refractivity contribution in [1.82, 2.24) is 4.98 Å². The summed E-state index contributed by atoms with van der Waals surface area (Å²) in [5.41, 5.74) is 1.16. The van der Waals surface area contributed by atoms with E-state index in [1.807, 2.05) is 0 Å². The molecule has 1 aliphatic carbocycles. The summed E-state index contributed by atoms with van der Waals surface area (Å²) >= 11 is 5.96. The van der Waals surface area contributed by atoms with Crippen molar-refractivity contribution >= 4 is 17.6 Å². The van der Waals surface area contributed by atoms with Crippen molar-refractivity contribution in [2.45, 2.75) is 18.8 Å². The van der Waals surface area contributed by atoms with E-state index in [9.17, 15) is 4.79 Å². The van der Waals surface area contributed by atoms with E-state index in [2.05, 4.69) is 9.72 Å². The van der Waals surface area contributed by atoms with Crippen LogP contribution in [0.4, 0.5) is 0 Å². The molecule has 1 saturated carbocycles. The predicted octanol–water partition coefficient (Wildman–Crippen LogP) is 2.40. The van der Waals surface area contributed by atoms with Crippen LogP contribution in [0.25, 0.3) is 0 Å². The Labute approximate surface area is 87.0 Å². The largest absolute Gasteiger partial charge is 0.464 e. The van der Waals surface area contributed by atoms with Crippen LogP contribution in [-0.2, 0) is 4.74 Å². The highest BCUT2D eigenvalue weighted by Gasteiger charge is 2.28. The number of esters is 1. The van der Waals surface area contributed by atoms with Gasteiger partial charge in [-0.3, -0.25) is 0 Å². The van der Waals surface area contributed by atoms with Gasteiger partial charge in [-0.2, -0.15) is 0 Å². The van der Waals surface area contributed by atoms with E-state index in [1.54, 1.807) is 12.1 Å². The van der Waals surface area contributed by atoms with Crippen molar-refractivity contribution in [3.63, 3.8) is 0 Å². The van der Waals surface area contributed by atoms with Gasteiger partial charge in [-0.25, -0.2) is 9.78 Å². The molecule has 0 radical (unpaired) electrons. The number of nitrogens with zero attached hydrogens (tertiary/aromatic N) is 1. The lowest BCUT2D eigenvalue weighted by Crippen LogP contribution is -2.05. The van der Waals surface area contributed by atoms with Gasteiger partial charge in [0.2, 0.25) is 0 Å². The minimum absolute atomic E-state index is 0.332. The molecule has 0 aliphatic heterocycles. The smallest absolute Gasteiger partial charge is 0.356 e. The summed E-state index contributed by atoms with van der Waals surface area (Å²) in [6, 6.07) is 3.29. The van der Waals surface area contributed by atoms with E-state index in [0.717, 1.165) is 18.5 Å². The Balaban J connectivity index is 2.35. The maximum absolute atomic E-state index is 11.2. The highest BCUT2D eigenvalue weighted by molar-refractivity contribution is 6.31. The molecule has 0 atom stereocenters. The number of halogens is 1. The van der Waals surface area contributed by atoms with Gasteiger partial charge in [0.25, 0.3) is 0 Å². The molecule has 0 bridgehead atoms.